The van der Waals surface area contributed by atoms with Gasteiger partial charge in [-0.1, -0.05) is 91.0 Å². The average molecular weight is 659 g/mol. The van der Waals surface area contributed by atoms with Crippen LogP contribution in [-0.2, 0) is 0 Å². The third-order valence-electron chi connectivity index (χ3n) is 9.59. The van der Waals surface area contributed by atoms with E-state index in [1.54, 1.807) is 0 Å². The number of rotatable bonds is 6. The number of hydrogen-bond donors (Lipinski definition) is 0. The molecule has 2 heterocycles. The maximum atomic E-state index is 6.32. The number of thiophene rings is 1. The van der Waals surface area contributed by atoms with Gasteiger partial charge in [-0.25, -0.2) is 0 Å². The Hall–Kier alpha value is -6.36. The van der Waals surface area contributed by atoms with E-state index in [0.29, 0.717) is 0 Å². The van der Waals surface area contributed by atoms with Gasteiger partial charge in [0.25, 0.3) is 0 Å². The van der Waals surface area contributed by atoms with Crippen LogP contribution in [-0.4, -0.2) is 0 Å². The second-order valence-electron chi connectivity index (χ2n) is 12.6. The third kappa shape index (κ3) is 4.80. The lowest BCUT2D eigenvalue weighted by atomic mass is 10.1. The molecule has 0 amide bonds. The second-order valence-corrected chi connectivity index (χ2v) is 13.7. The van der Waals surface area contributed by atoms with E-state index in [4.69, 9.17) is 4.42 Å². The Balaban J connectivity index is 1.12. The summed E-state index contributed by atoms with van der Waals surface area (Å²) >= 11 is 1.85. The van der Waals surface area contributed by atoms with E-state index in [-0.39, 0.29) is 0 Å². The van der Waals surface area contributed by atoms with Crippen LogP contribution >= 0.6 is 11.3 Å². The molecule has 0 aliphatic carbocycles. The minimum atomic E-state index is 0.877. The lowest BCUT2D eigenvalue weighted by Crippen LogP contribution is -2.10. The number of hydrogen-bond acceptors (Lipinski definition) is 4. The van der Waals surface area contributed by atoms with Gasteiger partial charge < -0.3 is 14.2 Å². The minimum absolute atomic E-state index is 0.877. The molecule has 10 rings (SSSR count). The van der Waals surface area contributed by atoms with E-state index in [1.165, 1.54) is 25.6 Å². The van der Waals surface area contributed by atoms with Crippen molar-refractivity contribution in [2.45, 2.75) is 0 Å². The number of anilines is 6. The summed E-state index contributed by atoms with van der Waals surface area (Å²) in [5, 5.41) is 7.21. The van der Waals surface area contributed by atoms with Crippen LogP contribution in [0.4, 0.5) is 34.1 Å². The average Bonchev–Trinajstić information content (AvgIpc) is 3.73. The predicted octanol–water partition coefficient (Wildman–Crippen LogP) is 14.0. The molecular formula is C46H30N2OS. The number of para-hydroxylation sites is 3. The zero-order valence-electron chi connectivity index (χ0n) is 27.0. The molecule has 0 atom stereocenters. The molecule has 0 spiro atoms. The normalized spacial score (nSPS) is 11.6. The first-order chi connectivity index (χ1) is 24.8. The highest BCUT2D eigenvalue weighted by molar-refractivity contribution is 7.25. The van der Waals surface area contributed by atoms with Crippen LogP contribution < -0.4 is 9.80 Å². The van der Waals surface area contributed by atoms with Crippen LogP contribution in [0, 0.1) is 0 Å². The van der Waals surface area contributed by atoms with E-state index in [0.717, 1.165) is 61.4 Å². The van der Waals surface area contributed by atoms with Gasteiger partial charge in [0.15, 0.2) is 0 Å². The van der Waals surface area contributed by atoms with Crippen LogP contribution in [0.1, 0.15) is 0 Å². The highest BCUT2D eigenvalue weighted by Gasteiger charge is 2.18. The van der Waals surface area contributed by atoms with E-state index in [2.05, 4.69) is 180 Å². The molecular weight excluding hydrogens is 629 g/mol. The molecule has 2 aromatic heterocycles. The highest BCUT2D eigenvalue weighted by Crippen LogP contribution is 2.43. The Morgan fingerprint density at radius 3 is 1.52 bits per heavy atom. The summed E-state index contributed by atoms with van der Waals surface area (Å²) in [6.45, 7) is 0. The summed E-state index contributed by atoms with van der Waals surface area (Å²) < 4.78 is 8.92. The fraction of sp³-hybridized carbons (Fsp3) is 0. The first-order valence-electron chi connectivity index (χ1n) is 16.8. The van der Waals surface area contributed by atoms with Gasteiger partial charge in [0, 0.05) is 71.1 Å². The highest BCUT2D eigenvalue weighted by atomic mass is 32.1. The van der Waals surface area contributed by atoms with Crippen LogP contribution in [0.15, 0.2) is 186 Å². The Kier molecular flexibility index (Phi) is 6.68. The van der Waals surface area contributed by atoms with Gasteiger partial charge in [-0.15, -0.1) is 11.3 Å². The summed E-state index contributed by atoms with van der Waals surface area (Å²) in [5.41, 5.74) is 8.34. The van der Waals surface area contributed by atoms with Gasteiger partial charge in [-0.05, 0) is 95.7 Å². The fourth-order valence-electron chi connectivity index (χ4n) is 7.26. The number of furan rings is 1. The lowest BCUT2D eigenvalue weighted by molar-refractivity contribution is 0.669. The van der Waals surface area contributed by atoms with Crippen LogP contribution in [0.2, 0.25) is 0 Å². The van der Waals surface area contributed by atoms with Gasteiger partial charge in [-0.2, -0.15) is 0 Å². The Morgan fingerprint density at radius 1 is 0.320 bits per heavy atom. The molecule has 0 fully saturated rings. The summed E-state index contributed by atoms with van der Waals surface area (Å²) in [5.74, 6) is 0. The SMILES string of the molecule is c1ccc(N(c2ccc3ccc(N(c4ccccc4)c4ccc5c(c4)sc4ccccc45)cc3c2)c2ccc3c(c2)oc2ccccc23)cc1. The summed E-state index contributed by atoms with van der Waals surface area (Å²) in [7, 11) is 0. The quantitative estimate of drug-likeness (QED) is 0.177. The maximum Gasteiger partial charge on any atom is 0.137 e. The Bertz CT molecular complexity index is 2650. The first-order valence-corrected chi connectivity index (χ1v) is 17.7. The van der Waals surface area contributed by atoms with E-state index in [9.17, 15) is 0 Å². The van der Waals surface area contributed by atoms with Crippen molar-refractivity contribution in [2.24, 2.45) is 0 Å². The van der Waals surface area contributed by atoms with Crippen molar-refractivity contribution in [2.75, 3.05) is 9.80 Å². The first kappa shape index (κ1) is 28.6. The molecule has 0 unspecified atom stereocenters. The Labute approximate surface area is 293 Å². The van der Waals surface area contributed by atoms with E-state index >= 15 is 0 Å². The fourth-order valence-corrected chi connectivity index (χ4v) is 8.39. The van der Waals surface area contributed by atoms with Gasteiger partial charge in [0.05, 0.1) is 0 Å². The van der Waals surface area contributed by atoms with Gasteiger partial charge >= 0.3 is 0 Å². The van der Waals surface area contributed by atoms with Gasteiger partial charge in [0.2, 0.25) is 0 Å². The van der Waals surface area contributed by atoms with Crippen molar-refractivity contribution in [1.29, 1.82) is 0 Å². The molecule has 0 saturated heterocycles. The van der Waals surface area contributed by atoms with Crippen LogP contribution in [0.5, 0.6) is 0 Å². The van der Waals surface area contributed by atoms with Crippen LogP contribution in [0.3, 0.4) is 0 Å². The zero-order chi connectivity index (χ0) is 33.0. The van der Waals surface area contributed by atoms with Crippen molar-refractivity contribution in [3.8, 4) is 0 Å². The molecule has 50 heavy (non-hydrogen) atoms. The molecule has 0 N–H and O–H groups in total. The molecule has 0 radical (unpaired) electrons. The number of nitrogens with zero attached hydrogens (tertiary/aromatic N) is 2. The standard InChI is InChI=1S/C46H30N2OS/c1-3-11-33(12-4-1)47(37-23-25-40-39-15-7-9-17-43(39)49-44(40)29-37)35-21-19-31-20-22-36(28-32(31)27-35)48(34-13-5-2-6-14-34)38-24-26-42-41-16-8-10-18-45(41)50-46(42)30-38/h1-30H. The van der Waals surface area contributed by atoms with Gasteiger partial charge in [-0.3, -0.25) is 0 Å². The molecule has 236 valence electrons. The van der Waals surface area contributed by atoms with Crippen LogP contribution in [0.25, 0.3) is 52.9 Å². The molecule has 0 aliphatic heterocycles. The molecule has 0 aliphatic rings. The lowest BCUT2D eigenvalue weighted by Gasteiger charge is -2.27. The molecule has 3 nitrogen and oxygen atoms in total. The number of fused-ring (bicyclic) bond motifs is 7. The topological polar surface area (TPSA) is 19.6 Å². The summed E-state index contributed by atoms with van der Waals surface area (Å²) in [6, 6.07) is 65.0. The Morgan fingerprint density at radius 2 is 0.820 bits per heavy atom. The minimum Gasteiger partial charge on any atom is -0.456 e. The van der Waals surface area contributed by atoms with Crippen molar-refractivity contribution in [1.82, 2.24) is 0 Å². The number of benzene rings is 8. The molecule has 10 aromatic rings. The monoisotopic (exact) mass is 658 g/mol. The second kappa shape index (κ2) is 11.7. The van der Waals surface area contributed by atoms with E-state index < -0.39 is 0 Å². The van der Waals surface area contributed by atoms with Crippen molar-refractivity contribution in [3.63, 3.8) is 0 Å². The molecule has 0 bridgehead atoms. The largest absolute Gasteiger partial charge is 0.456 e. The molecule has 0 saturated carbocycles. The predicted molar refractivity (Wildman–Crippen MR) is 213 cm³/mol. The smallest absolute Gasteiger partial charge is 0.137 e. The van der Waals surface area contributed by atoms with E-state index in [1.807, 2.05) is 23.5 Å². The molecule has 8 aromatic carbocycles. The van der Waals surface area contributed by atoms with Crippen molar-refractivity contribution in [3.05, 3.63) is 182 Å². The third-order valence-corrected chi connectivity index (χ3v) is 10.7. The summed E-state index contributed by atoms with van der Waals surface area (Å²) in [6.07, 6.45) is 0. The van der Waals surface area contributed by atoms with Crippen molar-refractivity contribution >= 4 is 98.3 Å². The molecule has 4 heteroatoms. The zero-order valence-corrected chi connectivity index (χ0v) is 27.8. The van der Waals surface area contributed by atoms with Gasteiger partial charge in [0.1, 0.15) is 11.2 Å². The van der Waals surface area contributed by atoms with Crippen molar-refractivity contribution < 1.29 is 4.42 Å². The summed E-state index contributed by atoms with van der Waals surface area (Å²) in [4.78, 5) is 4.67. The maximum absolute atomic E-state index is 6.32.